The molecule has 0 aliphatic carbocycles. The summed E-state index contributed by atoms with van der Waals surface area (Å²) in [7, 11) is 9.39. The molecule has 4 aromatic rings. The molecule has 15 nitrogen and oxygen atoms in total. The van der Waals surface area contributed by atoms with Crippen molar-refractivity contribution in [2.45, 2.75) is 13.8 Å². The average Bonchev–Trinajstić information content (AvgIpc) is 3.06. The van der Waals surface area contributed by atoms with Gasteiger partial charge in [0.05, 0.1) is 46.9 Å². The summed E-state index contributed by atoms with van der Waals surface area (Å²) < 4.78 is 32.8. The highest BCUT2D eigenvalue weighted by atomic mass is 79.9. The van der Waals surface area contributed by atoms with Crippen LogP contribution in [-0.4, -0.2) is 98.0 Å². The first kappa shape index (κ1) is 41.5. The molecule has 0 aromatic carbocycles. The number of carbonyl (C=O) groups is 2. The maximum atomic E-state index is 11.7. The first-order chi connectivity index (χ1) is 22.9. The third kappa shape index (κ3) is 13.7. The van der Waals surface area contributed by atoms with Gasteiger partial charge in [-0.25, -0.2) is 19.6 Å². The summed E-state index contributed by atoms with van der Waals surface area (Å²) in [5.41, 5.74) is 0.774. The van der Waals surface area contributed by atoms with Crippen LogP contribution >= 0.6 is 31.9 Å². The normalized spacial score (nSPS) is 10.2. The summed E-state index contributed by atoms with van der Waals surface area (Å²) in [4.78, 5) is 54.6. The maximum absolute atomic E-state index is 11.7. The topological polar surface area (TPSA) is 162 Å². The Morgan fingerprint density at radius 3 is 1.60 bits per heavy atom. The number of ether oxygens (including phenoxy) is 6. The fourth-order valence-corrected chi connectivity index (χ4v) is 3.97. The molecule has 0 aliphatic rings. The number of nitrogens with zero attached hydrogens (tertiary/aromatic N) is 5. The standard InChI is InChI=1S/2C9H7BrN2O2.C8H15NO3.C5H10O3/c2*1-14-7-4-11-8-3-2-6(10)5-12(8)9(7)13;1-5-12-8(10)7(11-4)6-9(2)3;1-3-8-5(6)4-7-2/h2*2-5H,1H3;6H,5H2,1-4H3;3-4H2,1-2H3/b;;7-6-;. The Hall–Kier alpha value is -4.48. The molecular formula is C31H39Br2N5O10. The Labute approximate surface area is 294 Å². The van der Waals surface area contributed by atoms with E-state index < -0.39 is 5.97 Å². The predicted octanol–water partition coefficient (Wildman–Crippen LogP) is 3.73. The fourth-order valence-electron chi connectivity index (χ4n) is 3.29. The average molecular weight is 801 g/mol. The summed E-state index contributed by atoms with van der Waals surface area (Å²) in [5.74, 6) is -0.0632. The Bertz CT molecular complexity index is 1670. The van der Waals surface area contributed by atoms with Gasteiger partial charge in [-0.05, 0) is 70.0 Å². The van der Waals surface area contributed by atoms with Crippen LogP contribution in [0.5, 0.6) is 11.5 Å². The predicted molar refractivity (Wildman–Crippen MR) is 185 cm³/mol. The molecule has 17 heteroatoms. The van der Waals surface area contributed by atoms with Crippen molar-refractivity contribution >= 4 is 55.1 Å². The van der Waals surface area contributed by atoms with Crippen molar-refractivity contribution in [2.24, 2.45) is 0 Å². The highest BCUT2D eigenvalue weighted by Gasteiger charge is 2.10. The lowest BCUT2D eigenvalue weighted by molar-refractivity contribution is -0.147. The summed E-state index contributed by atoms with van der Waals surface area (Å²) in [5, 5.41) is 0. The molecule has 262 valence electrons. The van der Waals surface area contributed by atoms with E-state index in [2.05, 4.69) is 51.3 Å². The van der Waals surface area contributed by atoms with Crippen molar-refractivity contribution in [3.63, 3.8) is 0 Å². The number of rotatable bonds is 9. The van der Waals surface area contributed by atoms with Crippen LogP contribution in [-0.2, 0) is 28.5 Å². The van der Waals surface area contributed by atoms with Gasteiger partial charge in [0, 0.05) is 48.7 Å². The van der Waals surface area contributed by atoms with Gasteiger partial charge in [-0.1, -0.05) is 0 Å². The van der Waals surface area contributed by atoms with Gasteiger partial charge in [-0.3, -0.25) is 18.4 Å². The van der Waals surface area contributed by atoms with Crippen molar-refractivity contribution in [1.29, 1.82) is 0 Å². The third-order valence-electron chi connectivity index (χ3n) is 5.35. The van der Waals surface area contributed by atoms with E-state index in [1.54, 1.807) is 63.6 Å². The minimum Gasteiger partial charge on any atom is -0.490 e. The highest BCUT2D eigenvalue weighted by molar-refractivity contribution is 9.10. The van der Waals surface area contributed by atoms with Gasteiger partial charge >= 0.3 is 11.9 Å². The zero-order valence-corrected chi connectivity index (χ0v) is 31.1. The third-order valence-corrected chi connectivity index (χ3v) is 6.29. The molecule has 0 spiro atoms. The molecule has 0 radical (unpaired) electrons. The molecule has 4 heterocycles. The first-order valence-corrected chi connectivity index (χ1v) is 15.6. The molecule has 0 fully saturated rings. The quantitative estimate of drug-likeness (QED) is 0.137. The lowest BCUT2D eigenvalue weighted by Crippen LogP contribution is -2.16. The number of esters is 2. The van der Waals surface area contributed by atoms with Crippen molar-refractivity contribution in [3.05, 3.63) is 90.7 Å². The van der Waals surface area contributed by atoms with Crippen molar-refractivity contribution in [1.82, 2.24) is 23.7 Å². The minimum absolute atomic E-state index is 0.0494. The lowest BCUT2D eigenvalue weighted by atomic mass is 10.4. The van der Waals surface area contributed by atoms with Crippen LogP contribution in [0, 0.1) is 0 Å². The Morgan fingerprint density at radius 1 is 0.792 bits per heavy atom. The number of hydrogen-bond acceptors (Lipinski definition) is 13. The molecule has 0 aliphatic heterocycles. The van der Waals surface area contributed by atoms with E-state index in [0.717, 1.165) is 8.95 Å². The number of hydrogen-bond donors (Lipinski definition) is 0. The number of aromatic nitrogens is 4. The van der Waals surface area contributed by atoms with Crippen LogP contribution in [0.4, 0.5) is 0 Å². The molecule has 4 rings (SSSR count). The van der Waals surface area contributed by atoms with Crippen LogP contribution in [0.25, 0.3) is 11.3 Å². The van der Waals surface area contributed by atoms with Crippen LogP contribution in [0.1, 0.15) is 13.8 Å². The summed E-state index contributed by atoms with van der Waals surface area (Å²) in [6.07, 6.45) is 7.73. The fraction of sp³-hybridized carbons (Fsp3) is 0.355. The van der Waals surface area contributed by atoms with Crippen molar-refractivity contribution in [3.8, 4) is 11.5 Å². The van der Waals surface area contributed by atoms with Gasteiger partial charge in [-0.2, -0.15) is 0 Å². The molecule has 0 bridgehead atoms. The van der Waals surface area contributed by atoms with E-state index in [1.165, 1.54) is 49.6 Å². The van der Waals surface area contributed by atoms with Gasteiger partial charge in [0.15, 0.2) is 0 Å². The second-order valence-corrected chi connectivity index (χ2v) is 10.9. The van der Waals surface area contributed by atoms with E-state index in [0.29, 0.717) is 24.5 Å². The number of pyridine rings is 2. The summed E-state index contributed by atoms with van der Waals surface area (Å²) >= 11 is 6.57. The first-order valence-electron chi connectivity index (χ1n) is 14.0. The molecule has 48 heavy (non-hydrogen) atoms. The van der Waals surface area contributed by atoms with Gasteiger partial charge in [0.1, 0.15) is 17.9 Å². The molecule has 4 aromatic heterocycles. The highest BCUT2D eigenvalue weighted by Crippen LogP contribution is 2.11. The van der Waals surface area contributed by atoms with Crippen LogP contribution in [0.3, 0.4) is 0 Å². The maximum Gasteiger partial charge on any atom is 0.375 e. The van der Waals surface area contributed by atoms with E-state index in [1.807, 2.05) is 12.1 Å². The van der Waals surface area contributed by atoms with Gasteiger partial charge in [0.2, 0.25) is 17.3 Å². The molecule has 0 amide bonds. The number of carbonyl (C=O) groups excluding carboxylic acids is 2. The van der Waals surface area contributed by atoms with Crippen molar-refractivity contribution in [2.75, 3.05) is 62.4 Å². The van der Waals surface area contributed by atoms with Crippen LogP contribution < -0.4 is 20.6 Å². The molecule has 0 unspecified atom stereocenters. The Balaban J connectivity index is 0.000000327. The summed E-state index contributed by atoms with van der Waals surface area (Å²) in [6, 6.07) is 7.17. The second kappa shape index (κ2) is 22.2. The van der Waals surface area contributed by atoms with Crippen LogP contribution in [0.15, 0.2) is 79.5 Å². The van der Waals surface area contributed by atoms with Crippen molar-refractivity contribution < 1.29 is 38.0 Å². The molecule has 0 saturated heterocycles. The lowest BCUT2D eigenvalue weighted by Gasteiger charge is -2.09. The number of fused-ring (bicyclic) bond motifs is 2. The smallest absolute Gasteiger partial charge is 0.375 e. The van der Waals surface area contributed by atoms with Gasteiger partial charge in [0.25, 0.3) is 11.1 Å². The Kier molecular flexibility index (Phi) is 19.2. The second-order valence-electron chi connectivity index (χ2n) is 9.03. The molecular weight excluding hydrogens is 762 g/mol. The Morgan fingerprint density at radius 2 is 1.25 bits per heavy atom. The number of methoxy groups -OCH3 is 4. The monoisotopic (exact) mass is 799 g/mol. The van der Waals surface area contributed by atoms with Gasteiger partial charge < -0.3 is 33.3 Å². The van der Waals surface area contributed by atoms with Crippen LogP contribution in [0.2, 0.25) is 0 Å². The largest absolute Gasteiger partial charge is 0.490 e. The van der Waals surface area contributed by atoms with E-state index in [4.69, 9.17) is 18.9 Å². The van der Waals surface area contributed by atoms with Gasteiger partial charge in [-0.15, -0.1) is 0 Å². The SMILES string of the molecule is CCOC(=O)/C(=C/N(C)C)OC.CCOC(=O)COC.COc1cnc2ccc(Br)cn2c1=O.COc1cnc2ccc(Br)cn2c1=O. The zero-order chi connectivity index (χ0) is 36.2. The molecule has 0 saturated carbocycles. The zero-order valence-electron chi connectivity index (χ0n) is 27.9. The molecule has 0 N–H and O–H groups in total. The number of halogens is 2. The van der Waals surface area contributed by atoms with E-state index in [9.17, 15) is 19.2 Å². The molecule has 0 atom stereocenters. The summed E-state index contributed by atoms with van der Waals surface area (Å²) in [6.45, 7) is 4.33. The van der Waals surface area contributed by atoms with E-state index in [-0.39, 0.29) is 41.0 Å². The minimum atomic E-state index is -0.436. The van der Waals surface area contributed by atoms with E-state index >= 15 is 0 Å².